The second-order valence-electron chi connectivity index (χ2n) is 7.82. The normalized spacial score (nSPS) is 30.2. The van der Waals surface area contributed by atoms with Crippen molar-refractivity contribution in [2.24, 2.45) is 0 Å². The van der Waals surface area contributed by atoms with Crippen molar-refractivity contribution in [1.29, 1.82) is 0 Å². The lowest BCUT2D eigenvalue weighted by Gasteiger charge is -2.39. The topological polar surface area (TPSA) is 121 Å². The smallest absolute Gasteiger partial charge is 0.229 e. The fourth-order valence-corrected chi connectivity index (χ4v) is 3.64. The van der Waals surface area contributed by atoms with E-state index in [1.54, 1.807) is 18.2 Å². The average molecular weight is 403 g/mol. The van der Waals surface area contributed by atoms with E-state index in [4.69, 9.17) is 14.2 Å². The minimum atomic E-state index is -1.50. The van der Waals surface area contributed by atoms with Gasteiger partial charge >= 0.3 is 0 Å². The van der Waals surface area contributed by atoms with Crippen LogP contribution in [0.25, 0.3) is 0 Å². The molecule has 0 amide bonds. The van der Waals surface area contributed by atoms with Crippen molar-refractivity contribution in [2.75, 3.05) is 11.9 Å². The summed E-state index contributed by atoms with van der Waals surface area (Å²) in [7, 11) is 0. The summed E-state index contributed by atoms with van der Waals surface area (Å²) < 4.78 is 17.2. The zero-order valence-corrected chi connectivity index (χ0v) is 16.1. The number of para-hydroxylation sites is 2. The number of hydrogen-bond acceptors (Lipinski definition) is 8. The molecule has 2 heterocycles. The minimum Gasteiger partial charge on any atom is -0.462 e. The maximum absolute atomic E-state index is 10.2. The van der Waals surface area contributed by atoms with Crippen LogP contribution >= 0.6 is 0 Å². The molecule has 0 bridgehead atoms. The molecule has 2 aromatic rings. The lowest BCUT2D eigenvalue weighted by atomic mass is 9.93. The Hall–Kier alpha value is -2.36. The van der Waals surface area contributed by atoms with Gasteiger partial charge in [-0.25, -0.2) is 0 Å². The number of benzene rings is 2. The second-order valence-corrected chi connectivity index (χ2v) is 7.82. The van der Waals surface area contributed by atoms with Crippen LogP contribution in [0.15, 0.2) is 42.5 Å². The van der Waals surface area contributed by atoms with E-state index in [1.165, 1.54) is 0 Å². The highest BCUT2D eigenvalue weighted by atomic mass is 16.7. The molecular formula is C21H25NO7. The second kappa shape index (κ2) is 7.47. The first-order chi connectivity index (χ1) is 13.8. The zero-order valence-electron chi connectivity index (χ0n) is 16.1. The molecule has 2 aliphatic heterocycles. The molecule has 1 saturated heterocycles. The molecule has 1 fully saturated rings. The van der Waals surface area contributed by atoms with Crippen molar-refractivity contribution in [3.05, 3.63) is 48.0 Å². The van der Waals surface area contributed by atoms with Gasteiger partial charge in [0.25, 0.3) is 0 Å². The zero-order chi connectivity index (χ0) is 20.8. The van der Waals surface area contributed by atoms with E-state index in [9.17, 15) is 20.4 Å². The Bertz CT molecular complexity index is 885. The number of aliphatic hydroxyl groups is 4. The van der Waals surface area contributed by atoms with Crippen LogP contribution in [0.1, 0.15) is 19.4 Å². The van der Waals surface area contributed by atoms with Crippen LogP contribution in [0.5, 0.6) is 17.2 Å². The number of ether oxygens (including phenoxy) is 3. The van der Waals surface area contributed by atoms with Crippen LogP contribution in [0, 0.1) is 0 Å². The number of hydrogen-bond donors (Lipinski definition) is 5. The van der Waals surface area contributed by atoms with Gasteiger partial charge in [-0.2, -0.15) is 0 Å². The highest BCUT2D eigenvalue weighted by molar-refractivity contribution is 5.64. The lowest BCUT2D eigenvalue weighted by Crippen LogP contribution is -2.60. The fourth-order valence-electron chi connectivity index (χ4n) is 3.64. The number of fused-ring (bicyclic) bond motifs is 2. The lowest BCUT2D eigenvalue weighted by molar-refractivity contribution is -0.277. The highest BCUT2D eigenvalue weighted by Gasteiger charge is 2.44. The van der Waals surface area contributed by atoms with Gasteiger partial charge in [-0.05, 0) is 44.2 Å². The van der Waals surface area contributed by atoms with Crippen LogP contribution in [-0.4, -0.2) is 57.7 Å². The Morgan fingerprint density at radius 3 is 2.52 bits per heavy atom. The SMILES string of the molecule is CC1(C)Nc2ccccc2Oc2ccc(O[C@@H]3O[C@H](CO)[C@H](O)[C@H](O)[C@H]3O)cc21. The predicted molar refractivity (Wildman–Crippen MR) is 104 cm³/mol. The van der Waals surface area contributed by atoms with Gasteiger partial charge in [0.15, 0.2) is 5.75 Å². The Morgan fingerprint density at radius 2 is 1.76 bits per heavy atom. The monoisotopic (exact) mass is 403 g/mol. The molecule has 0 saturated carbocycles. The first-order valence-electron chi connectivity index (χ1n) is 9.47. The van der Waals surface area contributed by atoms with Gasteiger partial charge in [-0.15, -0.1) is 0 Å². The Balaban J connectivity index is 1.62. The van der Waals surface area contributed by atoms with E-state index in [0.29, 0.717) is 17.2 Å². The molecule has 0 aromatic heterocycles. The molecule has 0 spiro atoms. The molecule has 5 N–H and O–H groups in total. The quantitative estimate of drug-likeness (QED) is 0.520. The number of anilines is 1. The maximum atomic E-state index is 10.2. The average Bonchev–Trinajstić information content (AvgIpc) is 2.81. The van der Waals surface area contributed by atoms with Crippen LogP contribution < -0.4 is 14.8 Å². The van der Waals surface area contributed by atoms with Gasteiger partial charge in [-0.1, -0.05) is 12.1 Å². The summed E-state index contributed by atoms with van der Waals surface area (Å²) in [6, 6.07) is 12.9. The van der Waals surface area contributed by atoms with Gasteiger partial charge in [0.05, 0.1) is 17.8 Å². The summed E-state index contributed by atoms with van der Waals surface area (Å²) >= 11 is 0. The summed E-state index contributed by atoms with van der Waals surface area (Å²) in [4.78, 5) is 0. The molecule has 0 aliphatic carbocycles. The van der Waals surface area contributed by atoms with Crippen molar-refractivity contribution in [3.8, 4) is 17.2 Å². The maximum Gasteiger partial charge on any atom is 0.229 e. The Morgan fingerprint density at radius 1 is 1.00 bits per heavy atom. The van der Waals surface area contributed by atoms with E-state index in [0.717, 1.165) is 11.3 Å². The third kappa shape index (κ3) is 3.65. The number of aliphatic hydroxyl groups excluding tert-OH is 4. The van der Waals surface area contributed by atoms with Gasteiger partial charge in [0.2, 0.25) is 6.29 Å². The summed E-state index contributed by atoms with van der Waals surface area (Å²) in [5.41, 5.74) is 1.21. The van der Waals surface area contributed by atoms with E-state index < -0.39 is 42.9 Å². The van der Waals surface area contributed by atoms with Crippen molar-refractivity contribution < 1.29 is 34.6 Å². The van der Waals surface area contributed by atoms with E-state index in [2.05, 4.69) is 5.32 Å². The molecule has 5 atom stereocenters. The summed E-state index contributed by atoms with van der Waals surface area (Å²) in [5, 5.41) is 42.9. The summed E-state index contributed by atoms with van der Waals surface area (Å²) in [6.07, 6.45) is -6.68. The molecule has 8 nitrogen and oxygen atoms in total. The van der Waals surface area contributed by atoms with Crippen molar-refractivity contribution in [2.45, 2.75) is 50.1 Å². The Labute approximate surface area is 168 Å². The molecule has 2 aliphatic rings. The largest absolute Gasteiger partial charge is 0.462 e. The number of rotatable bonds is 3. The summed E-state index contributed by atoms with van der Waals surface area (Å²) in [5.74, 6) is 1.76. The standard InChI is InChI=1S/C21H25NO7/c1-21(2)12-9-11(27-20-19(26)18(25)17(24)16(10-23)29-20)7-8-14(12)28-15-6-4-3-5-13(15)22-21/h3-9,16-20,22-26H,10H2,1-2H3/t16-,17+,18+,19-,20-/m1/s1. The van der Waals surface area contributed by atoms with Crippen LogP contribution in [-0.2, 0) is 10.3 Å². The highest BCUT2D eigenvalue weighted by Crippen LogP contribution is 2.44. The number of nitrogens with one attached hydrogen (secondary N) is 1. The molecule has 29 heavy (non-hydrogen) atoms. The third-order valence-electron chi connectivity index (χ3n) is 5.28. The van der Waals surface area contributed by atoms with Gasteiger partial charge in [0, 0.05) is 5.56 Å². The van der Waals surface area contributed by atoms with Crippen LogP contribution in [0.2, 0.25) is 0 Å². The van der Waals surface area contributed by atoms with Crippen molar-refractivity contribution >= 4 is 5.69 Å². The van der Waals surface area contributed by atoms with Crippen molar-refractivity contribution in [1.82, 2.24) is 0 Å². The first kappa shape index (κ1) is 19.9. The molecule has 4 rings (SSSR count). The van der Waals surface area contributed by atoms with Gasteiger partial charge < -0.3 is 40.0 Å². The first-order valence-corrected chi connectivity index (χ1v) is 9.47. The molecule has 0 unspecified atom stereocenters. The predicted octanol–water partition coefficient (Wildman–Crippen LogP) is 1.32. The summed E-state index contributed by atoms with van der Waals surface area (Å²) in [6.45, 7) is 3.50. The van der Waals surface area contributed by atoms with Crippen molar-refractivity contribution in [3.63, 3.8) is 0 Å². The van der Waals surface area contributed by atoms with E-state index in [1.807, 2.05) is 38.1 Å². The molecule has 2 aromatic carbocycles. The van der Waals surface area contributed by atoms with Crippen LogP contribution in [0.3, 0.4) is 0 Å². The van der Waals surface area contributed by atoms with Crippen LogP contribution in [0.4, 0.5) is 5.69 Å². The van der Waals surface area contributed by atoms with E-state index >= 15 is 0 Å². The van der Waals surface area contributed by atoms with Gasteiger partial charge in [-0.3, -0.25) is 0 Å². The molecular weight excluding hydrogens is 378 g/mol. The Kier molecular flexibility index (Phi) is 5.14. The molecule has 156 valence electrons. The molecule has 8 heteroatoms. The fraction of sp³-hybridized carbons (Fsp3) is 0.429. The van der Waals surface area contributed by atoms with E-state index in [-0.39, 0.29) is 0 Å². The molecule has 0 radical (unpaired) electrons. The minimum absolute atomic E-state index is 0.387. The van der Waals surface area contributed by atoms with Gasteiger partial charge in [0.1, 0.15) is 35.9 Å². The third-order valence-corrected chi connectivity index (χ3v) is 5.28.